The zero-order valence-corrected chi connectivity index (χ0v) is 17.3. The molecule has 174 valence electrons. The Hall–Kier alpha value is -4.54. The van der Waals surface area contributed by atoms with Gasteiger partial charge in [-0.1, -0.05) is 30.3 Å². The molecule has 0 heterocycles. The van der Waals surface area contributed by atoms with Gasteiger partial charge in [-0.3, -0.25) is 24.5 Å². The fourth-order valence-electron chi connectivity index (χ4n) is 2.94. The number of ketones is 1. The molecule has 11 heteroatoms. The summed E-state index contributed by atoms with van der Waals surface area (Å²) in [6, 6.07) is 14.7. The van der Waals surface area contributed by atoms with Gasteiger partial charge in [0.2, 0.25) is 0 Å². The minimum Gasteiger partial charge on any atom is -0.345 e. The highest BCUT2D eigenvalue weighted by Crippen LogP contribution is 2.29. The van der Waals surface area contributed by atoms with E-state index < -0.39 is 40.8 Å². The predicted molar refractivity (Wildman–Crippen MR) is 116 cm³/mol. The summed E-state index contributed by atoms with van der Waals surface area (Å²) in [5, 5.41) is 15.7. The van der Waals surface area contributed by atoms with Gasteiger partial charge in [-0.15, -0.1) is 0 Å². The Kier molecular flexibility index (Phi) is 7.05. The lowest BCUT2D eigenvalue weighted by molar-refractivity contribution is -0.383. The number of nitro benzene ring substituents is 1. The van der Waals surface area contributed by atoms with Gasteiger partial charge in [0.15, 0.2) is 5.78 Å². The van der Waals surface area contributed by atoms with Crippen molar-refractivity contribution >= 4 is 29.0 Å². The van der Waals surface area contributed by atoms with Crippen LogP contribution in [-0.4, -0.2) is 29.1 Å². The molecule has 3 rings (SSSR count). The van der Waals surface area contributed by atoms with E-state index in [0.29, 0.717) is 6.07 Å². The molecule has 0 fully saturated rings. The van der Waals surface area contributed by atoms with Crippen molar-refractivity contribution in [2.75, 3.05) is 11.9 Å². The number of nitro groups is 1. The van der Waals surface area contributed by atoms with Crippen LogP contribution < -0.4 is 10.6 Å². The first-order chi connectivity index (χ1) is 16.1. The molecular weight excluding hydrogens is 455 g/mol. The van der Waals surface area contributed by atoms with Crippen molar-refractivity contribution in [1.82, 2.24) is 5.32 Å². The summed E-state index contributed by atoms with van der Waals surface area (Å²) in [6.07, 6.45) is -4.61. The van der Waals surface area contributed by atoms with Crippen LogP contribution in [-0.2, 0) is 6.18 Å². The molecule has 0 saturated carbocycles. The maximum absolute atomic E-state index is 12.8. The molecule has 2 amide bonds. The molecule has 3 aromatic rings. The fraction of sp³-hybridized carbons (Fsp3) is 0.0870. The van der Waals surface area contributed by atoms with Crippen molar-refractivity contribution in [3.63, 3.8) is 0 Å². The van der Waals surface area contributed by atoms with Crippen LogP contribution in [0, 0.1) is 10.1 Å². The van der Waals surface area contributed by atoms with Crippen molar-refractivity contribution in [3.05, 3.63) is 105 Å². The molecule has 3 aromatic carbocycles. The highest BCUT2D eigenvalue weighted by Gasteiger charge is 2.31. The summed E-state index contributed by atoms with van der Waals surface area (Å²) in [5.41, 5.74) is -1.23. The number of hydrogen-bond acceptors (Lipinski definition) is 5. The number of carbonyl (C=O) groups excluding carboxylic acids is 3. The summed E-state index contributed by atoms with van der Waals surface area (Å²) < 4.78 is 38.4. The van der Waals surface area contributed by atoms with E-state index in [2.05, 4.69) is 10.6 Å². The highest BCUT2D eigenvalue weighted by molar-refractivity contribution is 6.07. The lowest BCUT2D eigenvalue weighted by atomic mass is 10.1. The van der Waals surface area contributed by atoms with Gasteiger partial charge in [0.25, 0.3) is 17.5 Å². The third-order valence-electron chi connectivity index (χ3n) is 4.68. The van der Waals surface area contributed by atoms with E-state index in [1.807, 2.05) is 0 Å². The number of alkyl halides is 3. The van der Waals surface area contributed by atoms with Crippen molar-refractivity contribution in [2.24, 2.45) is 0 Å². The number of nitrogens with one attached hydrogen (secondary N) is 2. The minimum atomic E-state index is -4.61. The number of benzene rings is 3. The van der Waals surface area contributed by atoms with Crippen molar-refractivity contribution in [2.45, 2.75) is 6.18 Å². The van der Waals surface area contributed by atoms with E-state index in [-0.39, 0.29) is 28.1 Å². The van der Waals surface area contributed by atoms with Crippen LogP contribution >= 0.6 is 0 Å². The number of Topliss-reactive ketones (excluding diaryl/α,β-unsaturated/α-hetero) is 1. The molecule has 34 heavy (non-hydrogen) atoms. The van der Waals surface area contributed by atoms with E-state index in [4.69, 9.17) is 0 Å². The number of para-hydroxylation sites is 2. The van der Waals surface area contributed by atoms with Gasteiger partial charge in [-0.05, 0) is 36.4 Å². The van der Waals surface area contributed by atoms with Crippen LogP contribution in [0.5, 0.6) is 0 Å². The monoisotopic (exact) mass is 471 g/mol. The quantitative estimate of drug-likeness (QED) is 0.299. The molecule has 0 radical (unpaired) electrons. The van der Waals surface area contributed by atoms with Gasteiger partial charge in [0.05, 0.1) is 17.0 Å². The number of hydrogen-bond donors (Lipinski definition) is 2. The van der Waals surface area contributed by atoms with Crippen molar-refractivity contribution < 1.29 is 32.5 Å². The Labute approximate surface area is 190 Å². The molecule has 0 atom stereocenters. The lowest BCUT2D eigenvalue weighted by Crippen LogP contribution is -2.29. The van der Waals surface area contributed by atoms with E-state index >= 15 is 0 Å². The molecule has 0 aliphatic rings. The predicted octanol–water partition coefficient (Wildman–Crippen LogP) is 4.48. The lowest BCUT2D eigenvalue weighted by Gasteiger charge is -2.09. The topological polar surface area (TPSA) is 118 Å². The molecule has 0 aromatic heterocycles. The molecule has 8 nitrogen and oxygen atoms in total. The maximum Gasteiger partial charge on any atom is 0.416 e. The Morgan fingerprint density at radius 2 is 1.47 bits per heavy atom. The van der Waals surface area contributed by atoms with Crippen LogP contribution in [0.1, 0.15) is 36.6 Å². The van der Waals surface area contributed by atoms with Gasteiger partial charge in [-0.2, -0.15) is 13.2 Å². The average Bonchev–Trinajstić information content (AvgIpc) is 2.82. The average molecular weight is 471 g/mol. The Morgan fingerprint density at radius 3 is 2.12 bits per heavy atom. The number of amides is 2. The number of nitrogens with zero attached hydrogens (tertiary/aromatic N) is 1. The Bertz CT molecular complexity index is 1260. The normalized spacial score (nSPS) is 10.9. The number of halogens is 3. The Balaban J connectivity index is 1.62. The second-order valence-electron chi connectivity index (χ2n) is 6.99. The van der Waals surface area contributed by atoms with Crippen molar-refractivity contribution in [3.8, 4) is 0 Å². The van der Waals surface area contributed by atoms with Gasteiger partial charge in [0, 0.05) is 22.8 Å². The molecule has 0 saturated heterocycles. The zero-order valence-electron chi connectivity index (χ0n) is 17.3. The van der Waals surface area contributed by atoms with Crippen LogP contribution in [0.4, 0.5) is 24.5 Å². The number of carbonyl (C=O) groups is 3. The standard InChI is InChI=1S/C23H16F3N3O5/c24-23(25,26)17-5-3-4-16(12-17)21(31)27-13-20(30)14-8-10-15(11-9-14)22(32)28-18-6-1-2-7-19(18)29(33)34/h1-12H,13H2,(H,27,31)(H,28,32). The van der Waals surface area contributed by atoms with E-state index in [1.165, 1.54) is 54.6 Å². The second-order valence-corrected chi connectivity index (χ2v) is 6.99. The minimum absolute atomic E-state index is 0.00922. The molecule has 0 aliphatic heterocycles. The molecular formula is C23H16F3N3O5. The summed E-state index contributed by atoms with van der Waals surface area (Å²) >= 11 is 0. The first-order valence-corrected chi connectivity index (χ1v) is 9.70. The van der Waals surface area contributed by atoms with Crippen LogP contribution in [0.25, 0.3) is 0 Å². The first kappa shape index (κ1) is 24.1. The van der Waals surface area contributed by atoms with Crippen LogP contribution in [0.2, 0.25) is 0 Å². The third-order valence-corrected chi connectivity index (χ3v) is 4.68. The van der Waals surface area contributed by atoms with E-state index in [9.17, 15) is 37.7 Å². The zero-order chi connectivity index (χ0) is 24.9. The molecule has 0 spiro atoms. The number of anilines is 1. The maximum atomic E-state index is 12.8. The summed E-state index contributed by atoms with van der Waals surface area (Å²) in [4.78, 5) is 47.3. The summed E-state index contributed by atoms with van der Waals surface area (Å²) in [5.74, 6) is -2.02. The van der Waals surface area contributed by atoms with Gasteiger partial charge < -0.3 is 10.6 Å². The van der Waals surface area contributed by atoms with E-state index in [0.717, 1.165) is 12.1 Å². The Morgan fingerprint density at radius 1 is 0.824 bits per heavy atom. The molecule has 0 aliphatic carbocycles. The van der Waals surface area contributed by atoms with Gasteiger partial charge >= 0.3 is 6.18 Å². The second kappa shape index (κ2) is 9.94. The fourth-order valence-corrected chi connectivity index (χ4v) is 2.94. The molecule has 0 bridgehead atoms. The van der Waals surface area contributed by atoms with Gasteiger partial charge in [0.1, 0.15) is 5.69 Å². The number of rotatable bonds is 7. The van der Waals surface area contributed by atoms with Crippen molar-refractivity contribution in [1.29, 1.82) is 0 Å². The third kappa shape index (κ3) is 5.82. The molecule has 0 unspecified atom stereocenters. The smallest absolute Gasteiger partial charge is 0.345 e. The first-order valence-electron chi connectivity index (χ1n) is 9.70. The SMILES string of the molecule is O=C(CNC(=O)c1cccc(C(F)(F)F)c1)c1ccc(C(=O)Nc2ccccc2[N+](=O)[O-])cc1. The van der Waals surface area contributed by atoms with Gasteiger partial charge in [-0.25, -0.2) is 0 Å². The summed E-state index contributed by atoms with van der Waals surface area (Å²) in [7, 11) is 0. The van der Waals surface area contributed by atoms with Crippen LogP contribution in [0.15, 0.2) is 72.8 Å². The van der Waals surface area contributed by atoms with E-state index in [1.54, 1.807) is 0 Å². The highest BCUT2D eigenvalue weighted by atomic mass is 19.4. The molecule has 2 N–H and O–H groups in total. The summed E-state index contributed by atoms with van der Waals surface area (Å²) in [6.45, 7) is -0.475. The van der Waals surface area contributed by atoms with Crippen LogP contribution in [0.3, 0.4) is 0 Å². The largest absolute Gasteiger partial charge is 0.416 e.